The Morgan fingerprint density at radius 2 is 1.40 bits per heavy atom. The van der Waals surface area contributed by atoms with Crippen molar-refractivity contribution < 1.29 is 109 Å². The number of piperidine rings is 1. The summed E-state index contributed by atoms with van der Waals surface area (Å²) in [5.41, 5.74) is 11.8. The van der Waals surface area contributed by atoms with E-state index in [1.807, 2.05) is 73.5 Å². The monoisotopic (exact) mass is 2000 g/mol. The molecule has 9 heterocycles. The summed E-state index contributed by atoms with van der Waals surface area (Å²) in [6, 6.07) is 11.0. The number of aliphatic hydroxyl groups is 2. The first kappa shape index (κ1) is 111. The maximum Gasteiger partial charge on any atom is 0.418 e. The van der Waals surface area contributed by atoms with Crippen molar-refractivity contribution in [3.63, 3.8) is 0 Å². The first-order chi connectivity index (χ1) is 68.9. The number of hydrogen-bond donors (Lipinski definition) is 5. The number of nitrogens with one attached hydrogen (secondary N) is 2. The lowest BCUT2D eigenvalue weighted by Gasteiger charge is -2.42. The summed E-state index contributed by atoms with van der Waals surface area (Å²) in [6.45, 7) is 17.6. The number of aryl methyl sites for hydroxylation is 2. The zero-order chi connectivity index (χ0) is 102. The minimum atomic E-state index is -4.75. The fourth-order valence-corrected chi connectivity index (χ4v) is 19.1. The van der Waals surface area contributed by atoms with Gasteiger partial charge in [-0.3, -0.25) is 33.3 Å². The van der Waals surface area contributed by atoms with Gasteiger partial charge in [-0.1, -0.05) is 75.4 Å². The van der Waals surface area contributed by atoms with Crippen molar-refractivity contribution in [1.82, 2.24) is 54.3 Å². The van der Waals surface area contributed by atoms with Gasteiger partial charge in [0, 0.05) is 170 Å². The number of fused-ring (bicyclic) bond motifs is 6. The zero-order valence-electron chi connectivity index (χ0n) is 84.2. The number of aromatic nitrogens is 9. The number of halogens is 3. The molecule has 4 fully saturated rings. The van der Waals surface area contributed by atoms with Crippen molar-refractivity contribution in [3.8, 4) is 22.7 Å². The van der Waals surface area contributed by atoms with E-state index in [0.717, 1.165) is 41.3 Å². The number of imidazole rings is 1. The minimum absolute atomic E-state index is 0.00751. The first-order valence-electron chi connectivity index (χ1n) is 49.9. The third kappa shape index (κ3) is 30.8. The number of nitrogens with two attached hydrogens (primary N) is 1. The molecule has 5 aromatic heterocycles. The fourth-order valence-electron chi connectivity index (χ4n) is 19.1. The number of nitrogens with zero attached hydrogens (tertiary/aromatic N) is 12. The third-order valence-corrected chi connectivity index (χ3v) is 27.6. The Kier molecular flexibility index (Phi) is 42.5. The number of anilines is 2. The molecule has 0 unspecified atom stereocenters. The second kappa shape index (κ2) is 54.6. The minimum Gasteiger partial charge on any atom is -0.481 e. The van der Waals surface area contributed by atoms with Crippen molar-refractivity contribution in [2.45, 2.75) is 224 Å². The Morgan fingerprint density at radius 3 is 2.07 bits per heavy atom. The van der Waals surface area contributed by atoms with Gasteiger partial charge in [-0.05, 0) is 168 Å². The van der Waals surface area contributed by atoms with Crippen LogP contribution in [0.1, 0.15) is 155 Å². The van der Waals surface area contributed by atoms with Crippen LogP contribution < -0.4 is 31.3 Å². The van der Waals surface area contributed by atoms with Crippen LogP contribution in [0.5, 0.6) is 5.88 Å². The molecule has 12 rings (SSSR count). The number of ketones is 2. The predicted octanol–water partition coefficient (Wildman–Crippen LogP) is 11.2. The number of amides is 2. The van der Waals surface area contributed by atoms with E-state index in [4.69, 9.17) is 72.7 Å². The van der Waals surface area contributed by atoms with Gasteiger partial charge in [0.2, 0.25) is 23.5 Å². The van der Waals surface area contributed by atoms with Gasteiger partial charge >= 0.3 is 17.8 Å². The van der Waals surface area contributed by atoms with E-state index in [2.05, 4.69) is 42.5 Å². The highest BCUT2D eigenvalue weighted by molar-refractivity contribution is 6.39. The summed E-state index contributed by atoms with van der Waals surface area (Å²) in [6.07, 6.45) is 17.3. The highest BCUT2D eigenvalue weighted by Crippen LogP contribution is 2.42. The van der Waals surface area contributed by atoms with Gasteiger partial charge in [0.15, 0.2) is 0 Å². The summed E-state index contributed by atoms with van der Waals surface area (Å²) in [4.78, 5) is 108. The molecule has 1 aliphatic carbocycles. The lowest BCUT2D eigenvalue weighted by Crippen LogP contribution is -2.61. The SMILES string of the molecule is COc1ccc(-c2ccc3ncc4c(c3c2)n(-c2ccc(N3CCN(c5ncc(CNC(=O)CCOCCOCCOCCOCCOCCOCCn6cc(CCCCO[C@@H]7CC[C@@H](C[C@@H](N)[C@@H]8CC(=O)[C@H](C)/C=C(\C)[C@@H](O)[C@@H](OC)C(=N)[C@H](C)C[C@H](C)/C=C/C=C/C=C(\C)[C@@H](OC)C[C@@H]9CC[C@@H](C)[C@@](O)(O9)C(=O)C(=O)N9CCCC[C@H]9C(=O)O8)C[C@H]7OC)nn6)cn5)CC3)c(C(F)(F)F)c2)c(=O)n4C)cn1. The van der Waals surface area contributed by atoms with Crippen molar-refractivity contribution in [2.24, 2.45) is 42.4 Å². The number of alkyl halides is 3. The van der Waals surface area contributed by atoms with Gasteiger partial charge in [-0.2, -0.15) is 13.2 Å². The molecule has 4 aliphatic heterocycles. The third-order valence-electron chi connectivity index (χ3n) is 27.6. The van der Waals surface area contributed by atoms with Crippen LogP contribution in [0.2, 0.25) is 0 Å². The number of piperazine rings is 1. The Balaban J connectivity index is 0.484. The number of carbonyl (C=O) groups is 5. The topological polar surface area (TPSA) is 427 Å². The number of benzene rings is 2. The lowest BCUT2D eigenvalue weighted by molar-refractivity contribution is -0.265. The number of carbonyl (C=O) groups excluding carboxylic acids is 5. The smallest absolute Gasteiger partial charge is 0.418 e. The standard InChI is InChI=1S/C104H144F3N15O21/c1-67-19-13-12-14-20-68(2)89(131-8)59-79-28-23-72(6)103(130,143-79)98(126)99(127)121-34-17-15-22-85(121)100(128)142-90(60-87(123)69(3)54-71(5)96(125)97(134-11)94(109)70(4)53-67)82(108)55-73-24-31-88(91(56-73)132-9)141-40-18-16-21-77-66-120(116-115-77)39-42-136-44-46-138-48-50-140-52-51-139-49-47-137-45-43-135-41-33-92(124)111-61-74-62-113-101(114-63-74)119-37-35-118(36-38-119)84-30-27-78(58-81(84)104(105,106)107)122-95-80-57-75(76-26-32-93(133-10)112-64-76)25-29-83(80)110-65-86(95)117(7)102(122)129/h12-14,19-20,25-27,29-30,32,54,57-58,62-67,69-70,72-73,79,82,85,88-91,96-97,109,125,130H,15-18,21-24,28,31,33-53,55-56,59-61,108H2,1-11H3,(H,111,124)/b14-12+,19-13+,68-20+,71-54+,109-94?/t67-,69-,70-,72-,73+,79+,82-,85+,88-,89+,90+,91-,96-,97+,103-/m1/s1. The van der Waals surface area contributed by atoms with E-state index < -0.39 is 95.3 Å². The summed E-state index contributed by atoms with van der Waals surface area (Å²) >= 11 is 0. The Morgan fingerprint density at radius 1 is 0.706 bits per heavy atom. The average molecular weight is 2000 g/mol. The van der Waals surface area contributed by atoms with E-state index in [1.165, 1.54) is 34.3 Å². The molecule has 15 atom stereocenters. The van der Waals surface area contributed by atoms with Crippen LogP contribution in [0.4, 0.5) is 24.8 Å². The molecule has 6 N–H and O–H groups in total. The molecule has 1 saturated carbocycles. The summed E-state index contributed by atoms with van der Waals surface area (Å²) < 4.78 is 126. The number of Topliss-reactive ketones (excluding diaryl/α,β-unsaturated/α-hetero) is 2. The van der Waals surface area contributed by atoms with Gasteiger partial charge in [0.05, 0.1) is 157 Å². The lowest BCUT2D eigenvalue weighted by atomic mass is 9.80. The van der Waals surface area contributed by atoms with Crippen LogP contribution in [-0.2, 0) is 114 Å². The average Bonchev–Trinajstić information content (AvgIpc) is 1.58. The Hall–Kier alpha value is -10.5. The first-order valence-corrected chi connectivity index (χ1v) is 49.9. The largest absolute Gasteiger partial charge is 0.481 e. The van der Waals surface area contributed by atoms with Crippen molar-refractivity contribution in [1.29, 1.82) is 5.41 Å². The molecule has 2 aromatic carbocycles. The highest BCUT2D eigenvalue weighted by Gasteiger charge is 2.54. The van der Waals surface area contributed by atoms with Gasteiger partial charge < -0.3 is 103 Å². The second-order valence-electron chi connectivity index (χ2n) is 37.9. The molecule has 2 bridgehead atoms. The Labute approximate surface area is 833 Å². The number of hydrogen-bond acceptors (Lipinski definition) is 31. The maximum absolute atomic E-state index is 15.1. The van der Waals surface area contributed by atoms with E-state index in [-0.39, 0.29) is 111 Å². The molecule has 0 radical (unpaired) electrons. The molecule has 782 valence electrons. The van der Waals surface area contributed by atoms with E-state index >= 15 is 13.2 Å². The number of aliphatic hydroxyl groups excluding tert-OH is 1. The van der Waals surface area contributed by atoms with Crippen molar-refractivity contribution >= 4 is 68.6 Å². The summed E-state index contributed by atoms with van der Waals surface area (Å²) in [5.74, 6) is -7.03. The molecular weight excluding hydrogens is 1850 g/mol. The molecule has 3 saturated heterocycles. The number of rotatable bonds is 40. The number of cyclic esters (lactones) is 1. The van der Waals surface area contributed by atoms with Gasteiger partial charge in [0.1, 0.15) is 30.1 Å². The highest BCUT2D eigenvalue weighted by atomic mass is 19.4. The predicted molar refractivity (Wildman–Crippen MR) is 530 cm³/mol. The van der Waals surface area contributed by atoms with E-state index in [9.17, 15) is 39.0 Å². The fraction of sp³-hybridized carbons (Fsp3) is 0.606. The van der Waals surface area contributed by atoms with Crippen molar-refractivity contribution in [2.75, 3.05) is 157 Å². The summed E-state index contributed by atoms with van der Waals surface area (Å²) in [7, 11) is 7.76. The van der Waals surface area contributed by atoms with Gasteiger partial charge in [0.25, 0.3) is 11.7 Å². The number of pyridine rings is 2. The number of esters is 1. The van der Waals surface area contributed by atoms with Crippen LogP contribution in [0.25, 0.3) is 38.8 Å². The van der Waals surface area contributed by atoms with Crippen LogP contribution in [-0.4, -0.2) is 302 Å². The molecule has 39 heteroatoms. The van der Waals surface area contributed by atoms with Crippen molar-refractivity contribution in [3.05, 3.63) is 154 Å². The molecule has 5 aliphatic rings. The molecule has 143 heavy (non-hydrogen) atoms. The molecule has 7 aromatic rings. The van der Waals surface area contributed by atoms with Gasteiger partial charge in [-0.25, -0.2) is 29.2 Å². The van der Waals surface area contributed by atoms with E-state index in [1.54, 1.807) is 101 Å². The van der Waals surface area contributed by atoms with Crippen LogP contribution >= 0.6 is 0 Å². The number of unbranched alkanes of at least 4 members (excludes halogenated alkanes) is 1. The molecular formula is C104H144F3N15O21. The number of allylic oxidation sites excluding steroid dienone is 6. The zero-order valence-corrected chi connectivity index (χ0v) is 84.2. The molecule has 36 nitrogen and oxygen atoms in total. The molecule has 2 amide bonds. The summed E-state index contributed by atoms with van der Waals surface area (Å²) in [5, 5.41) is 45.1. The van der Waals surface area contributed by atoms with Gasteiger partial charge in [-0.15, -0.1) is 5.10 Å². The molecule has 0 spiro atoms. The van der Waals surface area contributed by atoms with E-state index in [0.29, 0.717) is 214 Å². The Bertz CT molecular complexity index is 5500. The second-order valence-corrected chi connectivity index (χ2v) is 37.9. The number of methoxy groups -OCH3 is 4. The maximum atomic E-state index is 15.1. The van der Waals surface area contributed by atoms with Crippen LogP contribution in [0, 0.1) is 35.0 Å². The normalized spacial score (nSPS) is 25.6. The quantitative estimate of drug-likeness (QED) is 0.0103. The van der Waals surface area contributed by atoms with Crippen LogP contribution in [0.15, 0.2) is 132 Å². The van der Waals surface area contributed by atoms with Crippen LogP contribution in [0.3, 0.4) is 0 Å². The number of ether oxygens (including phenoxy) is 13.